The molecule has 0 amide bonds. The third-order valence-electron chi connectivity index (χ3n) is 2.38. The van der Waals surface area contributed by atoms with Crippen LogP contribution in [-0.4, -0.2) is 28.6 Å². The first kappa shape index (κ1) is 7.70. The highest BCUT2D eigenvalue weighted by Crippen LogP contribution is 2.39. The second kappa shape index (κ2) is 2.92. The first-order valence-corrected chi connectivity index (χ1v) is 5.40. The summed E-state index contributed by atoms with van der Waals surface area (Å²) < 4.78 is 9.87. The summed E-state index contributed by atoms with van der Waals surface area (Å²) in [4.78, 5) is 4.35. The Morgan fingerprint density at radius 2 is 2.23 bits per heavy atom. The number of aromatic nitrogens is 2. The fourth-order valence-corrected chi connectivity index (χ4v) is 1.94. The largest absolute Gasteiger partial charge is 0.463 e. The van der Waals surface area contributed by atoms with Crippen molar-refractivity contribution >= 4 is 11.5 Å². The van der Waals surface area contributed by atoms with Crippen molar-refractivity contribution < 1.29 is 4.74 Å². The van der Waals surface area contributed by atoms with Gasteiger partial charge in [-0.05, 0) is 12.8 Å². The predicted octanol–water partition coefficient (Wildman–Crippen LogP) is 0.766. The molecule has 1 aromatic rings. The average molecular weight is 197 g/mol. The lowest BCUT2D eigenvalue weighted by Gasteiger charge is -2.25. The van der Waals surface area contributed by atoms with Gasteiger partial charge in [0.05, 0.1) is 0 Å². The van der Waals surface area contributed by atoms with E-state index < -0.39 is 0 Å². The van der Waals surface area contributed by atoms with Gasteiger partial charge in [-0.15, -0.1) is 0 Å². The van der Waals surface area contributed by atoms with Gasteiger partial charge in [-0.25, -0.2) is 0 Å². The van der Waals surface area contributed by atoms with Crippen molar-refractivity contribution in [2.24, 2.45) is 0 Å². The van der Waals surface area contributed by atoms with Crippen LogP contribution in [0.3, 0.4) is 0 Å². The first-order chi connectivity index (χ1) is 6.42. The van der Waals surface area contributed by atoms with Gasteiger partial charge in [0.1, 0.15) is 11.9 Å². The minimum Gasteiger partial charge on any atom is -0.463 e. The number of rotatable bonds is 3. The van der Waals surface area contributed by atoms with Crippen molar-refractivity contribution in [3.05, 3.63) is 5.82 Å². The fraction of sp³-hybridized carbons (Fsp3) is 0.750. The molecule has 1 saturated carbocycles. The van der Waals surface area contributed by atoms with Crippen LogP contribution in [-0.2, 0) is 0 Å². The summed E-state index contributed by atoms with van der Waals surface area (Å²) in [6, 6.07) is 0. The highest BCUT2D eigenvalue weighted by Gasteiger charge is 2.29. The lowest BCUT2D eigenvalue weighted by atomic mass is 10.2. The van der Waals surface area contributed by atoms with Crippen molar-refractivity contribution in [2.45, 2.75) is 24.9 Å². The molecule has 0 unspecified atom stereocenters. The first-order valence-electron chi connectivity index (χ1n) is 4.63. The summed E-state index contributed by atoms with van der Waals surface area (Å²) in [5, 5.41) is 3.90. The number of hydrogen-bond donors (Lipinski definition) is 1. The maximum Gasteiger partial charge on any atom is 0.293 e. The van der Waals surface area contributed by atoms with E-state index >= 15 is 0 Å². The molecule has 13 heavy (non-hydrogen) atoms. The Morgan fingerprint density at radius 3 is 2.85 bits per heavy atom. The molecule has 0 atom stereocenters. The van der Waals surface area contributed by atoms with E-state index in [2.05, 4.69) is 14.7 Å². The van der Waals surface area contributed by atoms with Crippen molar-refractivity contribution in [1.82, 2.24) is 14.7 Å². The lowest BCUT2D eigenvalue weighted by Crippen LogP contribution is -2.50. The van der Waals surface area contributed by atoms with Gasteiger partial charge in [-0.3, -0.25) is 0 Å². The van der Waals surface area contributed by atoms with Crippen molar-refractivity contribution in [1.29, 1.82) is 0 Å². The molecule has 0 bridgehead atoms. The molecule has 0 aromatic carbocycles. The van der Waals surface area contributed by atoms with Crippen LogP contribution in [0.25, 0.3) is 0 Å². The van der Waals surface area contributed by atoms with Crippen LogP contribution >= 0.6 is 11.5 Å². The van der Waals surface area contributed by atoms with Crippen molar-refractivity contribution in [3.8, 4) is 5.19 Å². The molecule has 2 fully saturated rings. The summed E-state index contributed by atoms with van der Waals surface area (Å²) in [6.45, 7) is 1.89. The highest BCUT2D eigenvalue weighted by atomic mass is 32.1. The van der Waals surface area contributed by atoms with Crippen LogP contribution in [0.2, 0.25) is 0 Å². The van der Waals surface area contributed by atoms with Crippen molar-refractivity contribution in [2.75, 3.05) is 13.1 Å². The van der Waals surface area contributed by atoms with E-state index in [-0.39, 0.29) is 0 Å². The number of hydrogen-bond acceptors (Lipinski definition) is 5. The van der Waals surface area contributed by atoms with E-state index in [0.29, 0.717) is 12.0 Å². The Bertz CT molecular complexity index is 306. The summed E-state index contributed by atoms with van der Waals surface area (Å²) in [5.74, 6) is 1.63. The molecule has 0 spiro atoms. The van der Waals surface area contributed by atoms with E-state index in [4.69, 9.17) is 4.74 Å². The molecule has 3 rings (SSSR count). The second-order valence-electron chi connectivity index (χ2n) is 3.59. The quantitative estimate of drug-likeness (QED) is 0.777. The van der Waals surface area contributed by atoms with Gasteiger partial charge in [0.25, 0.3) is 5.19 Å². The Hall–Kier alpha value is -0.680. The minimum atomic E-state index is 0.319. The molecule has 0 radical (unpaired) electrons. The van der Waals surface area contributed by atoms with Crippen LogP contribution < -0.4 is 10.1 Å². The van der Waals surface area contributed by atoms with Gasteiger partial charge in [-0.1, -0.05) is 0 Å². The zero-order valence-corrected chi connectivity index (χ0v) is 8.01. The summed E-state index contributed by atoms with van der Waals surface area (Å²) in [6.07, 6.45) is 2.82. The SMILES string of the molecule is C1NCC1Oc1nc(C2CC2)ns1. The fourth-order valence-electron chi connectivity index (χ4n) is 1.26. The molecule has 1 saturated heterocycles. The molecule has 70 valence electrons. The van der Waals surface area contributed by atoms with Crippen LogP contribution in [0.5, 0.6) is 5.19 Å². The van der Waals surface area contributed by atoms with Gasteiger partial charge in [0.2, 0.25) is 0 Å². The topological polar surface area (TPSA) is 47.0 Å². The molecule has 5 heteroatoms. The van der Waals surface area contributed by atoms with Crippen LogP contribution in [0, 0.1) is 0 Å². The molecule has 2 heterocycles. The zero-order chi connectivity index (χ0) is 8.67. The van der Waals surface area contributed by atoms with Crippen LogP contribution in [0.15, 0.2) is 0 Å². The van der Waals surface area contributed by atoms with Gasteiger partial charge < -0.3 is 10.1 Å². The number of nitrogens with zero attached hydrogens (tertiary/aromatic N) is 2. The maximum atomic E-state index is 5.59. The smallest absolute Gasteiger partial charge is 0.293 e. The lowest BCUT2D eigenvalue weighted by molar-refractivity contribution is 0.141. The monoisotopic (exact) mass is 197 g/mol. The van der Waals surface area contributed by atoms with Crippen LogP contribution in [0.1, 0.15) is 24.6 Å². The van der Waals surface area contributed by atoms with E-state index in [1.807, 2.05) is 0 Å². The van der Waals surface area contributed by atoms with Gasteiger partial charge in [0, 0.05) is 30.5 Å². The molecule has 4 nitrogen and oxygen atoms in total. The number of nitrogens with one attached hydrogen (secondary N) is 1. The number of ether oxygens (including phenoxy) is 1. The molecular formula is C8H11N3OS. The highest BCUT2D eigenvalue weighted by molar-refractivity contribution is 7.07. The molecule has 1 aromatic heterocycles. The zero-order valence-electron chi connectivity index (χ0n) is 7.19. The molecule has 2 aliphatic rings. The molecule has 1 aliphatic heterocycles. The van der Waals surface area contributed by atoms with E-state index in [9.17, 15) is 0 Å². The van der Waals surface area contributed by atoms with E-state index in [0.717, 1.165) is 24.1 Å². The maximum absolute atomic E-state index is 5.59. The molecule has 1 aliphatic carbocycles. The predicted molar refractivity (Wildman–Crippen MR) is 49.2 cm³/mol. The Balaban J connectivity index is 1.66. The summed E-state index contributed by atoms with van der Waals surface area (Å²) in [5.41, 5.74) is 0. The third-order valence-corrected chi connectivity index (χ3v) is 3.00. The summed E-state index contributed by atoms with van der Waals surface area (Å²) in [7, 11) is 0. The minimum absolute atomic E-state index is 0.319. The molecule has 1 N–H and O–H groups in total. The summed E-state index contributed by atoms with van der Waals surface area (Å²) >= 11 is 1.38. The Labute approximate surface area is 80.5 Å². The average Bonchev–Trinajstić information content (AvgIpc) is 2.80. The Kier molecular flexibility index (Phi) is 1.73. The van der Waals surface area contributed by atoms with Gasteiger partial charge >= 0.3 is 0 Å². The van der Waals surface area contributed by atoms with E-state index in [1.165, 1.54) is 24.4 Å². The normalized spacial score (nSPS) is 22.8. The van der Waals surface area contributed by atoms with Gasteiger partial charge in [-0.2, -0.15) is 9.36 Å². The van der Waals surface area contributed by atoms with E-state index in [1.54, 1.807) is 0 Å². The Morgan fingerprint density at radius 1 is 1.38 bits per heavy atom. The third kappa shape index (κ3) is 1.53. The standard InChI is InChI=1S/C8H11N3OS/c1-2-5(1)7-10-8(13-11-7)12-6-3-9-4-6/h5-6,9H,1-4H2. The molecular weight excluding hydrogens is 186 g/mol. The van der Waals surface area contributed by atoms with Crippen LogP contribution in [0.4, 0.5) is 0 Å². The van der Waals surface area contributed by atoms with Gasteiger partial charge in [0.15, 0.2) is 0 Å². The second-order valence-corrected chi connectivity index (χ2v) is 4.31. The van der Waals surface area contributed by atoms with Crippen molar-refractivity contribution in [3.63, 3.8) is 0 Å².